The molecule has 3 nitrogen and oxygen atoms in total. The number of halogens is 3. The molecule has 0 fully saturated rings. The minimum Gasteiger partial charge on any atom is -0.378 e. The summed E-state index contributed by atoms with van der Waals surface area (Å²) >= 11 is 5.87. The third-order valence-electron chi connectivity index (χ3n) is 2.88. The van der Waals surface area contributed by atoms with E-state index in [2.05, 4.69) is 5.32 Å². The van der Waals surface area contributed by atoms with Crippen LogP contribution in [0.15, 0.2) is 41.3 Å². The van der Waals surface area contributed by atoms with E-state index < -0.39 is 21.5 Å². The lowest BCUT2D eigenvalue weighted by Crippen LogP contribution is -2.06. The van der Waals surface area contributed by atoms with Crippen LogP contribution in [0.25, 0.3) is 0 Å². The monoisotopic (exact) mass is 331 g/mol. The fourth-order valence-corrected chi connectivity index (χ4v) is 2.63. The molecule has 0 heterocycles. The summed E-state index contributed by atoms with van der Waals surface area (Å²) in [5, 5.41) is 2.87. The number of rotatable bonds is 4. The maximum Gasteiger partial charge on any atom is 0.175 e. The average molecular weight is 332 g/mol. The molecule has 21 heavy (non-hydrogen) atoms. The predicted molar refractivity (Wildman–Crippen MR) is 78.2 cm³/mol. The van der Waals surface area contributed by atoms with Gasteiger partial charge in [0.2, 0.25) is 0 Å². The fraction of sp³-hybridized carbons (Fsp3) is 0.143. The normalized spacial score (nSPS) is 11.4. The molecular weight excluding hydrogens is 320 g/mol. The first-order valence-corrected chi connectivity index (χ1v) is 8.22. The van der Waals surface area contributed by atoms with Crippen molar-refractivity contribution in [2.24, 2.45) is 0 Å². The van der Waals surface area contributed by atoms with Gasteiger partial charge in [-0.3, -0.25) is 0 Å². The van der Waals surface area contributed by atoms with Crippen LogP contribution in [-0.2, 0) is 16.4 Å². The molecule has 0 saturated heterocycles. The minimum atomic E-state index is -3.45. The van der Waals surface area contributed by atoms with Crippen LogP contribution in [0.2, 0.25) is 5.02 Å². The molecule has 2 rings (SSSR count). The molecular formula is C14H12ClF2NO2S. The van der Waals surface area contributed by atoms with E-state index in [0.29, 0.717) is 0 Å². The SMILES string of the molecule is CS(=O)(=O)c1ccc(F)c(NCc2c(F)cccc2Cl)c1. The molecule has 0 aliphatic rings. The van der Waals surface area contributed by atoms with E-state index in [0.717, 1.165) is 12.3 Å². The predicted octanol–water partition coefficient (Wildman–Crippen LogP) is 3.63. The number of hydrogen-bond donors (Lipinski definition) is 1. The topological polar surface area (TPSA) is 46.2 Å². The highest BCUT2D eigenvalue weighted by Crippen LogP contribution is 2.23. The standard InChI is InChI=1S/C14H12ClF2NO2S/c1-21(19,20)9-5-6-13(17)14(7-9)18-8-10-11(15)3-2-4-12(10)16/h2-7,18H,8H2,1H3. The van der Waals surface area contributed by atoms with Crippen molar-refractivity contribution < 1.29 is 17.2 Å². The Labute approximate surface area is 126 Å². The highest BCUT2D eigenvalue weighted by Gasteiger charge is 2.12. The first-order chi connectivity index (χ1) is 9.79. The van der Waals surface area contributed by atoms with E-state index in [1.54, 1.807) is 0 Å². The maximum absolute atomic E-state index is 13.7. The van der Waals surface area contributed by atoms with Crippen molar-refractivity contribution in [3.05, 3.63) is 58.6 Å². The van der Waals surface area contributed by atoms with Gasteiger partial charge in [0.1, 0.15) is 11.6 Å². The van der Waals surface area contributed by atoms with Crippen LogP contribution in [0.5, 0.6) is 0 Å². The molecule has 0 atom stereocenters. The van der Waals surface area contributed by atoms with Crippen molar-refractivity contribution in [1.82, 2.24) is 0 Å². The second-order valence-electron chi connectivity index (χ2n) is 4.47. The summed E-state index contributed by atoms with van der Waals surface area (Å²) in [5.74, 6) is -1.15. The van der Waals surface area contributed by atoms with E-state index >= 15 is 0 Å². The number of anilines is 1. The van der Waals surface area contributed by atoms with Gasteiger partial charge in [0.15, 0.2) is 9.84 Å². The molecule has 0 radical (unpaired) electrons. The van der Waals surface area contributed by atoms with Crippen LogP contribution in [0.1, 0.15) is 5.56 Å². The van der Waals surface area contributed by atoms with E-state index in [1.165, 1.54) is 30.3 Å². The molecule has 0 aliphatic heterocycles. The lowest BCUT2D eigenvalue weighted by Gasteiger charge is -2.11. The van der Waals surface area contributed by atoms with Gasteiger partial charge in [0, 0.05) is 23.4 Å². The summed E-state index contributed by atoms with van der Waals surface area (Å²) < 4.78 is 50.2. The molecule has 2 aromatic rings. The first-order valence-electron chi connectivity index (χ1n) is 5.95. The largest absolute Gasteiger partial charge is 0.378 e. The highest BCUT2D eigenvalue weighted by molar-refractivity contribution is 7.90. The van der Waals surface area contributed by atoms with Gasteiger partial charge in [0.25, 0.3) is 0 Å². The van der Waals surface area contributed by atoms with Gasteiger partial charge in [-0.15, -0.1) is 0 Å². The van der Waals surface area contributed by atoms with Gasteiger partial charge in [-0.05, 0) is 30.3 Å². The molecule has 0 aromatic heterocycles. The molecule has 2 aromatic carbocycles. The second kappa shape index (κ2) is 5.99. The van der Waals surface area contributed by atoms with Crippen LogP contribution in [0, 0.1) is 11.6 Å². The Hall–Kier alpha value is -1.66. The van der Waals surface area contributed by atoms with Crippen molar-refractivity contribution in [2.45, 2.75) is 11.4 Å². The Bertz CT molecular complexity index is 758. The average Bonchev–Trinajstić information content (AvgIpc) is 2.38. The Balaban J connectivity index is 2.28. The van der Waals surface area contributed by atoms with Crippen molar-refractivity contribution >= 4 is 27.1 Å². The summed E-state index contributed by atoms with van der Waals surface area (Å²) in [6.07, 6.45) is 1.03. The zero-order valence-electron chi connectivity index (χ0n) is 11.0. The molecule has 0 amide bonds. The van der Waals surface area contributed by atoms with E-state index in [4.69, 9.17) is 11.6 Å². The lowest BCUT2D eigenvalue weighted by molar-refractivity contribution is 0.600. The van der Waals surface area contributed by atoms with Gasteiger partial charge in [-0.1, -0.05) is 17.7 Å². The summed E-state index contributed by atoms with van der Waals surface area (Å²) in [7, 11) is -3.45. The first kappa shape index (κ1) is 15.7. The molecule has 0 saturated carbocycles. The van der Waals surface area contributed by atoms with Crippen LogP contribution in [0.4, 0.5) is 14.5 Å². The van der Waals surface area contributed by atoms with E-state index in [9.17, 15) is 17.2 Å². The Morgan fingerprint density at radius 3 is 2.48 bits per heavy atom. The van der Waals surface area contributed by atoms with Gasteiger partial charge in [-0.25, -0.2) is 17.2 Å². The summed E-state index contributed by atoms with van der Waals surface area (Å²) in [6, 6.07) is 7.61. The number of hydrogen-bond acceptors (Lipinski definition) is 3. The summed E-state index contributed by atoms with van der Waals surface area (Å²) in [4.78, 5) is -0.0222. The highest BCUT2D eigenvalue weighted by atomic mass is 35.5. The third-order valence-corrected chi connectivity index (χ3v) is 4.35. The molecule has 7 heteroatoms. The van der Waals surface area contributed by atoms with Crippen LogP contribution >= 0.6 is 11.6 Å². The van der Waals surface area contributed by atoms with Gasteiger partial charge < -0.3 is 5.32 Å². The summed E-state index contributed by atoms with van der Waals surface area (Å²) in [5.41, 5.74) is 0.153. The molecule has 0 bridgehead atoms. The molecule has 112 valence electrons. The van der Waals surface area contributed by atoms with Gasteiger partial charge in [0.05, 0.1) is 10.6 Å². The van der Waals surface area contributed by atoms with Crippen LogP contribution in [0.3, 0.4) is 0 Å². The number of benzene rings is 2. The number of sulfone groups is 1. The third kappa shape index (κ3) is 3.71. The molecule has 0 spiro atoms. The van der Waals surface area contributed by atoms with E-state index in [-0.39, 0.29) is 27.7 Å². The van der Waals surface area contributed by atoms with Crippen molar-refractivity contribution in [3.63, 3.8) is 0 Å². The molecule has 1 N–H and O–H groups in total. The Morgan fingerprint density at radius 1 is 1.14 bits per heavy atom. The maximum atomic E-state index is 13.7. The van der Waals surface area contributed by atoms with Crippen molar-refractivity contribution in [2.75, 3.05) is 11.6 Å². The number of nitrogens with one attached hydrogen (secondary N) is 1. The van der Waals surface area contributed by atoms with Crippen LogP contribution < -0.4 is 5.32 Å². The lowest BCUT2D eigenvalue weighted by atomic mass is 10.2. The summed E-state index contributed by atoms with van der Waals surface area (Å²) in [6.45, 7) is -0.0599. The van der Waals surface area contributed by atoms with Gasteiger partial charge in [-0.2, -0.15) is 0 Å². The van der Waals surface area contributed by atoms with E-state index in [1.807, 2.05) is 0 Å². The van der Waals surface area contributed by atoms with Gasteiger partial charge >= 0.3 is 0 Å². The smallest absolute Gasteiger partial charge is 0.175 e. The second-order valence-corrected chi connectivity index (χ2v) is 6.89. The fourth-order valence-electron chi connectivity index (χ4n) is 1.76. The molecule has 0 unspecified atom stereocenters. The molecule has 0 aliphatic carbocycles. The van der Waals surface area contributed by atoms with Crippen molar-refractivity contribution in [1.29, 1.82) is 0 Å². The zero-order valence-corrected chi connectivity index (χ0v) is 12.6. The van der Waals surface area contributed by atoms with Crippen LogP contribution in [-0.4, -0.2) is 14.7 Å². The Morgan fingerprint density at radius 2 is 1.86 bits per heavy atom. The van der Waals surface area contributed by atoms with Crippen molar-refractivity contribution in [3.8, 4) is 0 Å². The quantitative estimate of drug-likeness (QED) is 0.870. The zero-order chi connectivity index (χ0) is 15.6. The Kier molecular flexibility index (Phi) is 4.49. The minimum absolute atomic E-state index is 0.0222.